The van der Waals surface area contributed by atoms with Crippen LogP contribution in [0.4, 0.5) is 9.18 Å². The summed E-state index contributed by atoms with van der Waals surface area (Å²) in [5.41, 5.74) is 0.432. The van der Waals surface area contributed by atoms with Crippen molar-refractivity contribution in [2.45, 2.75) is 6.54 Å². The standard InChI is InChI=1S/C22H14ClFN2O5/c23-16-7-5-12(9-15(16)21(28)29)19-8-6-14(31-19)10-18-20(27)26(22(30)25-18)11-13-3-1-2-4-17(13)24/h1-10H,11H2,(H,25,30)(H,28,29)/p-1. The van der Waals surface area contributed by atoms with Gasteiger partial charge < -0.3 is 19.6 Å². The molecule has 1 aliphatic rings. The second kappa shape index (κ2) is 8.08. The molecule has 3 amide bonds. The summed E-state index contributed by atoms with van der Waals surface area (Å²) < 4.78 is 19.5. The number of carbonyl (C=O) groups excluding carboxylic acids is 3. The lowest BCUT2D eigenvalue weighted by molar-refractivity contribution is -0.255. The van der Waals surface area contributed by atoms with E-state index in [-0.39, 0.29) is 34.2 Å². The van der Waals surface area contributed by atoms with Crippen molar-refractivity contribution in [2.75, 3.05) is 0 Å². The van der Waals surface area contributed by atoms with Crippen LogP contribution in [-0.2, 0) is 11.3 Å². The van der Waals surface area contributed by atoms with E-state index in [0.29, 0.717) is 11.3 Å². The molecule has 156 valence electrons. The molecule has 1 aliphatic heterocycles. The number of rotatable bonds is 5. The number of furan rings is 1. The highest BCUT2D eigenvalue weighted by Crippen LogP contribution is 2.28. The van der Waals surface area contributed by atoms with E-state index in [0.717, 1.165) is 4.90 Å². The minimum absolute atomic E-state index is 0.0335. The molecule has 2 aromatic carbocycles. The number of carboxylic acids is 1. The number of hydrogen-bond donors (Lipinski definition) is 1. The Morgan fingerprint density at radius 3 is 2.68 bits per heavy atom. The summed E-state index contributed by atoms with van der Waals surface area (Å²) in [6.45, 7) is -0.213. The smallest absolute Gasteiger partial charge is 0.329 e. The predicted octanol–water partition coefficient (Wildman–Crippen LogP) is 3.20. The first-order valence-corrected chi connectivity index (χ1v) is 9.40. The molecule has 0 unspecified atom stereocenters. The van der Waals surface area contributed by atoms with E-state index in [1.165, 1.54) is 36.4 Å². The van der Waals surface area contributed by atoms with Crippen LogP contribution in [0.5, 0.6) is 0 Å². The first kappa shape index (κ1) is 20.4. The number of urea groups is 1. The van der Waals surface area contributed by atoms with Gasteiger partial charge >= 0.3 is 6.03 Å². The van der Waals surface area contributed by atoms with Crippen molar-refractivity contribution < 1.29 is 28.3 Å². The second-order valence-electron chi connectivity index (χ2n) is 6.65. The van der Waals surface area contributed by atoms with Crippen molar-refractivity contribution in [3.8, 4) is 11.3 Å². The van der Waals surface area contributed by atoms with Gasteiger partial charge in [-0.3, -0.25) is 9.69 Å². The molecule has 0 aliphatic carbocycles. The molecule has 0 bridgehead atoms. The SMILES string of the molecule is O=C([O-])c1cc(-c2ccc(C=C3NC(=O)N(Cc4ccccc4F)C3=O)o2)ccc1Cl. The molecule has 1 fully saturated rings. The summed E-state index contributed by atoms with van der Waals surface area (Å²) in [5, 5.41) is 13.6. The molecular weight excluding hydrogens is 427 g/mol. The minimum atomic E-state index is -1.42. The number of carbonyl (C=O) groups is 3. The van der Waals surface area contributed by atoms with Gasteiger partial charge in [0.15, 0.2) is 0 Å². The Morgan fingerprint density at radius 1 is 1.16 bits per heavy atom. The van der Waals surface area contributed by atoms with Crippen molar-refractivity contribution >= 4 is 35.6 Å². The van der Waals surface area contributed by atoms with Crippen LogP contribution >= 0.6 is 11.6 Å². The monoisotopic (exact) mass is 439 g/mol. The van der Waals surface area contributed by atoms with E-state index < -0.39 is 23.7 Å². The number of amides is 3. The van der Waals surface area contributed by atoms with Crippen molar-refractivity contribution in [1.29, 1.82) is 0 Å². The molecule has 2 heterocycles. The summed E-state index contributed by atoms with van der Waals surface area (Å²) >= 11 is 5.84. The quantitative estimate of drug-likeness (QED) is 0.486. The van der Waals surface area contributed by atoms with Crippen LogP contribution in [0.1, 0.15) is 21.7 Å². The molecule has 1 N–H and O–H groups in total. The van der Waals surface area contributed by atoms with E-state index in [1.54, 1.807) is 24.3 Å². The highest BCUT2D eigenvalue weighted by molar-refractivity contribution is 6.33. The zero-order chi connectivity index (χ0) is 22.1. The van der Waals surface area contributed by atoms with Gasteiger partial charge in [0, 0.05) is 27.8 Å². The number of halogens is 2. The fourth-order valence-electron chi connectivity index (χ4n) is 3.07. The predicted molar refractivity (Wildman–Crippen MR) is 107 cm³/mol. The third-order valence-electron chi connectivity index (χ3n) is 4.63. The third kappa shape index (κ3) is 4.06. The average Bonchev–Trinajstić information content (AvgIpc) is 3.30. The molecule has 1 saturated heterocycles. The van der Waals surface area contributed by atoms with Crippen molar-refractivity contribution in [1.82, 2.24) is 10.2 Å². The van der Waals surface area contributed by atoms with Gasteiger partial charge in [-0.15, -0.1) is 0 Å². The molecule has 0 atom stereocenters. The lowest BCUT2D eigenvalue weighted by Crippen LogP contribution is -2.30. The molecule has 7 nitrogen and oxygen atoms in total. The second-order valence-corrected chi connectivity index (χ2v) is 7.06. The van der Waals surface area contributed by atoms with Gasteiger partial charge in [0.1, 0.15) is 23.0 Å². The van der Waals surface area contributed by atoms with E-state index in [1.807, 2.05) is 0 Å². The van der Waals surface area contributed by atoms with E-state index >= 15 is 0 Å². The number of aromatic carboxylic acids is 1. The molecule has 0 radical (unpaired) electrons. The van der Waals surface area contributed by atoms with E-state index in [2.05, 4.69) is 5.32 Å². The molecule has 0 saturated carbocycles. The Hall–Kier alpha value is -3.91. The van der Waals surface area contributed by atoms with Gasteiger partial charge in [-0.05, 0) is 36.4 Å². The van der Waals surface area contributed by atoms with Crippen LogP contribution in [0.2, 0.25) is 5.02 Å². The number of benzene rings is 2. The Labute approximate surface area is 180 Å². The van der Waals surface area contributed by atoms with Gasteiger partial charge in [-0.25, -0.2) is 9.18 Å². The maximum atomic E-state index is 13.9. The number of imide groups is 1. The fourth-order valence-corrected chi connectivity index (χ4v) is 3.27. The third-order valence-corrected chi connectivity index (χ3v) is 4.96. The van der Waals surface area contributed by atoms with Gasteiger partial charge in [-0.2, -0.15) is 0 Å². The van der Waals surface area contributed by atoms with Gasteiger partial charge in [0.05, 0.1) is 12.5 Å². The molecule has 9 heteroatoms. The topological polar surface area (TPSA) is 103 Å². The summed E-state index contributed by atoms with van der Waals surface area (Å²) in [5.74, 6) is -2.00. The first-order chi connectivity index (χ1) is 14.8. The Kier molecular flexibility index (Phi) is 5.31. The Balaban J connectivity index is 1.56. The maximum absolute atomic E-state index is 13.9. The lowest BCUT2D eigenvalue weighted by atomic mass is 10.1. The average molecular weight is 440 g/mol. The van der Waals surface area contributed by atoms with Gasteiger partial charge in [0.25, 0.3) is 5.91 Å². The highest BCUT2D eigenvalue weighted by atomic mass is 35.5. The van der Waals surface area contributed by atoms with Gasteiger partial charge in [-0.1, -0.05) is 29.8 Å². The fraction of sp³-hybridized carbons (Fsp3) is 0.0455. The van der Waals surface area contributed by atoms with Crippen LogP contribution in [0.15, 0.2) is 64.7 Å². The van der Waals surface area contributed by atoms with Crippen LogP contribution in [-0.4, -0.2) is 22.8 Å². The molecule has 3 aromatic rings. The molecule has 0 spiro atoms. The van der Waals surface area contributed by atoms with Crippen LogP contribution in [0, 0.1) is 5.82 Å². The van der Waals surface area contributed by atoms with Crippen LogP contribution in [0.25, 0.3) is 17.4 Å². The zero-order valence-electron chi connectivity index (χ0n) is 15.7. The maximum Gasteiger partial charge on any atom is 0.329 e. The van der Waals surface area contributed by atoms with Crippen LogP contribution < -0.4 is 10.4 Å². The van der Waals surface area contributed by atoms with Crippen LogP contribution in [0.3, 0.4) is 0 Å². The summed E-state index contributed by atoms with van der Waals surface area (Å²) in [6, 6.07) is 12.6. The largest absolute Gasteiger partial charge is 0.545 e. The van der Waals surface area contributed by atoms with Crippen molar-refractivity contribution in [3.05, 3.63) is 88.0 Å². The number of nitrogens with zero attached hydrogens (tertiary/aromatic N) is 1. The zero-order valence-corrected chi connectivity index (χ0v) is 16.5. The number of nitrogens with one attached hydrogen (secondary N) is 1. The molecule has 4 rings (SSSR count). The lowest BCUT2D eigenvalue weighted by Gasteiger charge is -2.12. The van der Waals surface area contributed by atoms with Crippen molar-refractivity contribution in [2.24, 2.45) is 0 Å². The van der Waals surface area contributed by atoms with Gasteiger partial charge in [0.2, 0.25) is 0 Å². The normalized spacial score (nSPS) is 14.9. The first-order valence-electron chi connectivity index (χ1n) is 9.02. The summed E-state index contributed by atoms with van der Waals surface area (Å²) in [4.78, 5) is 36.8. The Morgan fingerprint density at radius 2 is 1.94 bits per heavy atom. The Bertz CT molecular complexity index is 1250. The molecule has 1 aromatic heterocycles. The van der Waals surface area contributed by atoms with E-state index in [9.17, 15) is 23.9 Å². The van der Waals surface area contributed by atoms with Crippen molar-refractivity contribution in [3.63, 3.8) is 0 Å². The highest BCUT2D eigenvalue weighted by Gasteiger charge is 2.34. The molecular formula is C22H13ClFN2O5-. The number of carboxylic acid groups (broad SMARTS) is 1. The minimum Gasteiger partial charge on any atom is -0.545 e. The number of hydrogen-bond acceptors (Lipinski definition) is 5. The summed E-state index contributed by atoms with van der Waals surface area (Å²) in [7, 11) is 0. The van der Waals surface area contributed by atoms with E-state index in [4.69, 9.17) is 16.0 Å². The summed E-state index contributed by atoms with van der Waals surface area (Å²) in [6.07, 6.45) is 1.33. The molecule has 31 heavy (non-hydrogen) atoms.